The molecular formula is C16H22N2O2S. The maximum atomic E-state index is 12.6. The zero-order chi connectivity index (χ0) is 14.8. The van der Waals surface area contributed by atoms with Crippen LogP contribution in [0.4, 0.5) is 0 Å². The summed E-state index contributed by atoms with van der Waals surface area (Å²) < 4.78 is 1.52. The maximum absolute atomic E-state index is 12.6. The highest BCUT2D eigenvalue weighted by Crippen LogP contribution is 2.35. The number of aromatic nitrogens is 1. The Kier molecular flexibility index (Phi) is 4.38. The van der Waals surface area contributed by atoms with Crippen molar-refractivity contribution in [2.24, 2.45) is 0 Å². The quantitative estimate of drug-likeness (QED) is 0.840. The molecule has 2 fully saturated rings. The number of hydrogen-bond donors (Lipinski definition) is 0. The van der Waals surface area contributed by atoms with Gasteiger partial charge < -0.3 is 9.47 Å². The third-order valence-electron chi connectivity index (χ3n) is 4.51. The molecule has 1 aromatic rings. The van der Waals surface area contributed by atoms with Gasteiger partial charge in [0, 0.05) is 35.9 Å². The number of thioether (sulfide) groups is 1. The van der Waals surface area contributed by atoms with Crippen LogP contribution in [-0.4, -0.2) is 39.0 Å². The summed E-state index contributed by atoms with van der Waals surface area (Å²) in [6.07, 6.45) is 6.58. The lowest BCUT2D eigenvalue weighted by molar-refractivity contribution is -0.134. The van der Waals surface area contributed by atoms with Crippen molar-refractivity contribution in [3.8, 4) is 0 Å². The van der Waals surface area contributed by atoms with Gasteiger partial charge in [-0.3, -0.25) is 9.59 Å². The number of amides is 1. The van der Waals surface area contributed by atoms with Gasteiger partial charge in [0.15, 0.2) is 0 Å². The predicted octanol–water partition coefficient (Wildman–Crippen LogP) is 2.04. The molecular weight excluding hydrogens is 284 g/mol. The fourth-order valence-corrected chi connectivity index (χ4v) is 4.82. The number of pyridine rings is 1. The molecule has 1 aliphatic heterocycles. The van der Waals surface area contributed by atoms with Crippen LogP contribution in [-0.2, 0) is 11.3 Å². The van der Waals surface area contributed by atoms with E-state index in [1.807, 2.05) is 29.7 Å². The molecule has 0 spiro atoms. The van der Waals surface area contributed by atoms with E-state index >= 15 is 0 Å². The van der Waals surface area contributed by atoms with Crippen LogP contribution in [0.25, 0.3) is 0 Å². The molecule has 2 aliphatic rings. The van der Waals surface area contributed by atoms with E-state index < -0.39 is 0 Å². The van der Waals surface area contributed by atoms with Gasteiger partial charge in [-0.05, 0) is 31.4 Å². The monoisotopic (exact) mass is 306 g/mol. The van der Waals surface area contributed by atoms with Gasteiger partial charge >= 0.3 is 0 Å². The molecule has 114 valence electrons. The summed E-state index contributed by atoms with van der Waals surface area (Å²) in [5.41, 5.74) is 0.848. The van der Waals surface area contributed by atoms with E-state index in [4.69, 9.17) is 0 Å². The second-order valence-corrected chi connectivity index (χ2v) is 7.37. The van der Waals surface area contributed by atoms with Crippen molar-refractivity contribution < 1.29 is 4.79 Å². The molecule has 3 rings (SSSR count). The van der Waals surface area contributed by atoms with Crippen LogP contribution in [0.1, 0.15) is 31.2 Å². The van der Waals surface area contributed by atoms with E-state index in [1.54, 1.807) is 12.3 Å². The summed E-state index contributed by atoms with van der Waals surface area (Å²) in [6.45, 7) is 2.89. The zero-order valence-electron chi connectivity index (χ0n) is 12.5. The summed E-state index contributed by atoms with van der Waals surface area (Å²) >= 11 is 2.02. The summed E-state index contributed by atoms with van der Waals surface area (Å²) in [5, 5.41) is 0.603. The van der Waals surface area contributed by atoms with Crippen molar-refractivity contribution in [3.05, 3.63) is 34.2 Å². The van der Waals surface area contributed by atoms with Gasteiger partial charge in [-0.1, -0.05) is 12.8 Å². The Bertz CT molecular complexity index is 582. The topological polar surface area (TPSA) is 42.3 Å². The number of aryl methyl sites for hydroxylation is 1. The molecule has 0 radical (unpaired) electrons. The highest BCUT2D eigenvalue weighted by Gasteiger charge is 2.36. The molecule has 0 bridgehead atoms. The molecule has 2 heterocycles. The second kappa shape index (κ2) is 6.26. The molecule has 0 aromatic carbocycles. The highest BCUT2D eigenvalue weighted by atomic mass is 32.2. The van der Waals surface area contributed by atoms with E-state index in [0.717, 1.165) is 24.3 Å². The van der Waals surface area contributed by atoms with Gasteiger partial charge in [0.25, 0.3) is 5.56 Å². The van der Waals surface area contributed by atoms with E-state index in [0.29, 0.717) is 11.3 Å². The standard InChI is InChI=1S/C16H22N2O2S/c1-12-6-7-17(15(19)10-12)11-16(20)18-8-9-21-14-5-3-2-4-13(14)18/h6-7,10,13-14H,2-5,8-9,11H2,1H3/t13-,14+/m0/s1. The average molecular weight is 306 g/mol. The van der Waals surface area contributed by atoms with Gasteiger partial charge in [0.2, 0.25) is 5.91 Å². The first-order valence-corrected chi connectivity index (χ1v) is 8.78. The van der Waals surface area contributed by atoms with Gasteiger partial charge in [-0.15, -0.1) is 0 Å². The summed E-state index contributed by atoms with van der Waals surface area (Å²) in [7, 11) is 0. The van der Waals surface area contributed by atoms with Gasteiger partial charge in [-0.25, -0.2) is 0 Å². The fourth-order valence-electron chi connectivity index (χ4n) is 3.38. The minimum Gasteiger partial charge on any atom is -0.336 e. The Morgan fingerprint density at radius 1 is 1.38 bits per heavy atom. The number of carbonyl (C=O) groups excluding carboxylic acids is 1. The summed E-state index contributed by atoms with van der Waals surface area (Å²) in [4.78, 5) is 26.6. The van der Waals surface area contributed by atoms with Gasteiger partial charge in [-0.2, -0.15) is 11.8 Å². The van der Waals surface area contributed by atoms with Gasteiger partial charge in [0.05, 0.1) is 0 Å². The second-order valence-electron chi connectivity index (χ2n) is 6.02. The summed E-state index contributed by atoms with van der Waals surface area (Å²) in [5.74, 6) is 1.12. The fraction of sp³-hybridized carbons (Fsp3) is 0.625. The molecule has 1 saturated carbocycles. The Labute approximate surface area is 129 Å². The van der Waals surface area contributed by atoms with Gasteiger partial charge in [0.1, 0.15) is 6.54 Å². The Hall–Kier alpha value is -1.23. The third kappa shape index (κ3) is 3.18. The third-order valence-corrected chi connectivity index (χ3v) is 5.91. The van der Waals surface area contributed by atoms with Crippen LogP contribution in [0.15, 0.2) is 23.1 Å². The Balaban J connectivity index is 1.73. The molecule has 1 aromatic heterocycles. The molecule has 5 heteroatoms. The van der Waals surface area contributed by atoms with E-state index in [1.165, 1.54) is 23.8 Å². The predicted molar refractivity (Wildman–Crippen MR) is 85.7 cm³/mol. The van der Waals surface area contributed by atoms with Crippen molar-refractivity contribution in [3.63, 3.8) is 0 Å². The van der Waals surface area contributed by atoms with E-state index in [2.05, 4.69) is 0 Å². The highest BCUT2D eigenvalue weighted by molar-refractivity contribution is 8.00. The zero-order valence-corrected chi connectivity index (χ0v) is 13.3. The van der Waals surface area contributed by atoms with Crippen molar-refractivity contribution in [2.75, 3.05) is 12.3 Å². The van der Waals surface area contributed by atoms with Crippen LogP contribution in [0.3, 0.4) is 0 Å². The SMILES string of the molecule is Cc1ccn(CC(=O)N2CCS[C@@H]3CCCC[C@@H]32)c(=O)c1. The number of nitrogens with zero attached hydrogens (tertiary/aromatic N) is 2. The van der Waals surface area contributed by atoms with E-state index in [9.17, 15) is 9.59 Å². The minimum absolute atomic E-state index is 0.0880. The number of rotatable bonds is 2. The largest absolute Gasteiger partial charge is 0.336 e. The van der Waals surface area contributed by atoms with Crippen LogP contribution in [0, 0.1) is 6.92 Å². The maximum Gasteiger partial charge on any atom is 0.251 e. The lowest BCUT2D eigenvalue weighted by Gasteiger charge is -2.43. The van der Waals surface area contributed by atoms with Crippen LogP contribution in [0.2, 0.25) is 0 Å². The number of fused-ring (bicyclic) bond motifs is 1. The Morgan fingerprint density at radius 2 is 2.19 bits per heavy atom. The molecule has 1 saturated heterocycles. The number of carbonyl (C=O) groups is 1. The van der Waals surface area contributed by atoms with Crippen molar-refractivity contribution >= 4 is 17.7 Å². The van der Waals surface area contributed by atoms with Crippen LogP contribution < -0.4 is 5.56 Å². The lowest BCUT2D eigenvalue weighted by Crippen LogP contribution is -2.52. The first-order chi connectivity index (χ1) is 10.1. The summed E-state index contributed by atoms with van der Waals surface area (Å²) in [6, 6.07) is 3.85. The normalized spacial score (nSPS) is 25.5. The minimum atomic E-state index is -0.0880. The lowest BCUT2D eigenvalue weighted by atomic mass is 9.93. The number of hydrogen-bond acceptors (Lipinski definition) is 3. The van der Waals surface area contributed by atoms with Crippen molar-refractivity contribution in [2.45, 2.75) is 50.4 Å². The first kappa shape index (κ1) is 14.7. The van der Waals surface area contributed by atoms with Crippen LogP contribution in [0.5, 0.6) is 0 Å². The molecule has 21 heavy (non-hydrogen) atoms. The Morgan fingerprint density at radius 3 is 3.00 bits per heavy atom. The molecule has 1 aliphatic carbocycles. The molecule has 4 nitrogen and oxygen atoms in total. The molecule has 1 amide bonds. The first-order valence-electron chi connectivity index (χ1n) is 7.73. The van der Waals surface area contributed by atoms with E-state index in [-0.39, 0.29) is 18.0 Å². The van der Waals surface area contributed by atoms with Crippen molar-refractivity contribution in [1.82, 2.24) is 9.47 Å². The van der Waals surface area contributed by atoms with Crippen LogP contribution >= 0.6 is 11.8 Å². The molecule has 0 N–H and O–H groups in total. The smallest absolute Gasteiger partial charge is 0.251 e. The van der Waals surface area contributed by atoms with Crippen molar-refractivity contribution in [1.29, 1.82) is 0 Å². The average Bonchev–Trinajstić information content (AvgIpc) is 2.49. The molecule has 0 unspecified atom stereocenters. The molecule has 2 atom stereocenters.